The number of carbonyl (C=O) groups is 1. The molecule has 1 amide bonds. The average Bonchev–Trinajstić information content (AvgIpc) is 3.06. The number of aryl methyl sites for hydroxylation is 3. The first-order chi connectivity index (χ1) is 13.3. The van der Waals surface area contributed by atoms with E-state index in [1.54, 1.807) is 4.90 Å². The predicted molar refractivity (Wildman–Crippen MR) is 112 cm³/mol. The fourth-order valence-corrected chi connectivity index (χ4v) is 4.31. The molecule has 1 aromatic heterocycles. The molecular weight excluding hydrogens is 348 g/mol. The first kappa shape index (κ1) is 18.6. The molecule has 3 aromatic rings. The molecule has 1 N–H and O–H groups in total. The van der Waals surface area contributed by atoms with Crippen LogP contribution in [0.1, 0.15) is 44.7 Å². The number of carbonyl (C=O) groups excluding carboxylic acids is 1. The summed E-state index contributed by atoms with van der Waals surface area (Å²) in [6.07, 6.45) is 0.545. The Morgan fingerprint density at radius 3 is 2.61 bits per heavy atom. The molecule has 4 nitrogen and oxygen atoms in total. The number of hydrogen-bond acceptors (Lipinski definition) is 3. The SMILES string of the molecule is Cc1ccc2nc(C)c(C)c(C(=O)N3CCC(O)(c4ccccc4C)C3)c2c1. The third-order valence-electron chi connectivity index (χ3n) is 6.02. The zero-order chi connectivity index (χ0) is 20.1. The van der Waals surface area contributed by atoms with Crippen molar-refractivity contribution in [2.75, 3.05) is 13.1 Å². The molecule has 4 heteroatoms. The van der Waals surface area contributed by atoms with Crippen LogP contribution in [-0.2, 0) is 5.60 Å². The van der Waals surface area contributed by atoms with E-state index in [-0.39, 0.29) is 5.91 Å². The molecule has 1 aliphatic heterocycles. The summed E-state index contributed by atoms with van der Waals surface area (Å²) in [6, 6.07) is 13.9. The van der Waals surface area contributed by atoms with E-state index in [1.165, 1.54) is 0 Å². The Labute approximate surface area is 165 Å². The van der Waals surface area contributed by atoms with Crippen LogP contribution in [0.5, 0.6) is 0 Å². The number of rotatable bonds is 2. The fourth-order valence-electron chi connectivity index (χ4n) is 4.31. The minimum atomic E-state index is -0.997. The predicted octanol–water partition coefficient (Wildman–Crippen LogP) is 4.20. The Bertz CT molecular complexity index is 1090. The van der Waals surface area contributed by atoms with Crippen LogP contribution in [0, 0.1) is 27.7 Å². The van der Waals surface area contributed by atoms with Gasteiger partial charge in [0.15, 0.2) is 0 Å². The summed E-state index contributed by atoms with van der Waals surface area (Å²) in [4.78, 5) is 20.0. The number of fused-ring (bicyclic) bond motifs is 1. The monoisotopic (exact) mass is 374 g/mol. The lowest BCUT2D eigenvalue weighted by atomic mass is 9.89. The summed E-state index contributed by atoms with van der Waals surface area (Å²) in [7, 11) is 0. The van der Waals surface area contributed by atoms with Crippen molar-refractivity contribution in [2.24, 2.45) is 0 Å². The van der Waals surface area contributed by atoms with Gasteiger partial charge in [-0.15, -0.1) is 0 Å². The van der Waals surface area contributed by atoms with Gasteiger partial charge in [-0.1, -0.05) is 35.9 Å². The molecule has 1 atom stereocenters. The molecule has 2 aromatic carbocycles. The van der Waals surface area contributed by atoms with E-state index in [9.17, 15) is 9.90 Å². The van der Waals surface area contributed by atoms with Crippen molar-refractivity contribution in [3.8, 4) is 0 Å². The van der Waals surface area contributed by atoms with Crippen molar-refractivity contribution >= 4 is 16.8 Å². The van der Waals surface area contributed by atoms with Gasteiger partial charge in [0.25, 0.3) is 5.91 Å². The number of amides is 1. The Kier molecular flexibility index (Phi) is 4.47. The number of aliphatic hydroxyl groups is 1. The normalized spacial score (nSPS) is 19.4. The number of likely N-dealkylation sites (tertiary alicyclic amines) is 1. The van der Waals surface area contributed by atoms with Gasteiger partial charge in [0, 0.05) is 17.6 Å². The second kappa shape index (κ2) is 6.71. The van der Waals surface area contributed by atoms with Crippen molar-refractivity contribution in [1.82, 2.24) is 9.88 Å². The van der Waals surface area contributed by atoms with Crippen LogP contribution in [0.4, 0.5) is 0 Å². The van der Waals surface area contributed by atoms with E-state index in [0.717, 1.165) is 38.9 Å². The van der Waals surface area contributed by atoms with Crippen LogP contribution >= 0.6 is 0 Å². The summed E-state index contributed by atoms with van der Waals surface area (Å²) >= 11 is 0. The number of pyridine rings is 1. The fraction of sp³-hybridized carbons (Fsp3) is 0.333. The lowest BCUT2D eigenvalue weighted by molar-refractivity contribution is 0.0413. The largest absolute Gasteiger partial charge is 0.383 e. The van der Waals surface area contributed by atoms with Crippen LogP contribution in [0.15, 0.2) is 42.5 Å². The topological polar surface area (TPSA) is 53.4 Å². The number of aromatic nitrogens is 1. The minimum Gasteiger partial charge on any atom is -0.383 e. The number of hydrogen-bond donors (Lipinski definition) is 1. The van der Waals surface area contributed by atoms with Crippen molar-refractivity contribution < 1.29 is 9.90 Å². The van der Waals surface area contributed by atoms with Crippen molar-refractivity contribution in [3.63, 3.8) is 0 Å². The third-order valence-corrected chi connectivity index (χ3v) is 6.02. The lowest BCUT2D eigenvalue weighted by Crippen LogP contribution is -2.35. The molecule has 0 radical (unpaired) electrons. The van der Waals surface area contributed by atoms with E-state index < -0.39 is 5.60 Å². The average molecular weight is 374 g/mol. The van der Waals surface area contributed by atoms with E-state index in [1.807, 2.05) is 70.2 Å². The molecule has 0 saturated carbocycles. The highest BCUT2D eigenvalue weighted by molar-refractivity contribution is 6.07. The molecule has 1 saturated heterocycles. The molecule has 1 unspecified atom stereocenters. The maximum atomic E-state index is 13.5. The van der Waals surface area contributed by atoms with Gasteiger partial charge >= 0.3 is 0 Å². The number of benzene rings is 2. The molecule has 1 aliphatic rings. The zero-order valence-corrected chi connectivity index (χ0v) is 16.9. The maximum absolute atomic E-state index is 13.5. The zero-order valence-electron chi connectivity index (χ0n) is 16.9. The highest BCUT2D eigenvalue weighted by Gasteiger charge is 2.41. The van der Waals surface area contributed by atoms with Gasteiger partial charge in [-0.25, -0.2) is 0 Å². The van der Waals surface area contributed by atoms with E-state index >= 15 is 0 Å². The first-order valence-corrected chi connectivity index (χ1v) is 9.75. The highest BCUT2D eigenvalue weighted by Crippen LogP contribution is 2.35. The van der Waals surface area contributed by atoms with E-state index in [2.05, 4.69) is 4.98 Å². The number of β-amino-alcohol motifs (C(OH)–C–C–N with tert-alkyl or cyclic N) is 1. The Morgan fingerprint density at radius 2 is 1.86 bits per heavy atom. The van der Waals surface area contributed by atoms with E-state index in [4.69, 9.17) is 0 Å². The van der Waals surface area contributed by atoms with Gasteiger partial charge in [-0.05, 0) is 62.9 Å². The minimum absolute atomic E-state index is 0.0249. The third kappa shape index (κ3) is 2.98. The summed E-state index contributed by atoms with van der Waals surface area (Å²) < 4.78 is 0. The summed E-state index contributed by atoms with van der Waals surface area (Å²) in [6.45, 7) is 8.78. The Balaban J connectivity index is 1.74. The van der Waals surface area contributed by atoms with Gasteiger partial charge in [0.2, 0.25) is 0 Å². The molecule has 4 rings (SSSR count). The molecule has 28 heavy (non-hydrogen) atoms. The molecular formula is C24H26N2O2. The molecule has 144 valence electrons. The van der Waals surface area contributed by atoms with Crippen molar-refractivity contribution in [1.29, 1.82) is 0 Å². The molecule has 1 fully saturated rings. The standard InChI is InChI=1S/C24H26N2O2/c1-15-9-10-21-19(13-15)22(17(3)18(4)25-21)23(27)26-12-11-24(28,14-26)20-8-6-5-7-16(20)2/h5-10,13,28H,11-12,14H2,1-4H3. The van der Waals surface area contributed by atoms with Gasteiger partial charge in [-0.3, -0.25) is 9.78 Å². The van der Waals surface area contributed by atoms with Crippen LogP contribution in [0.25, 0.3) is 10.9 Å². The van der Waals surface area contributed by atoms with Crippen LogP contribution in [0.2, 0.25) is 0 Å². The van der Waals surface area contributed by atoms with Crippen molar-refractivity contribution in [3.05, 3.63) is 76.0 Å². The second-order valence-corrected chi connectivity index (χ2v) is 8.04. The first-order valence-electron chi connectivity index (χ1n) is 9.75. The molecule has 2 heterocycles. The molecule has 0 aliphatic carbocycles. The quantitative estimate of drug-likeness (QED) is 0.731. The Morgan fingerprint density at radius 1 is 1.11 bits per heavy atom. The van der Waals surface area contributed by atoms with Gasteiger partial charge < -0.3 is 10.0 Å². The van der Waals surface area contributed by atoms with Crippen LogP contribution < -0.4 is 0 Å². The number of nitrogens with zero attached hydrogens (tertiary/aromatic N) is 2. The van der Waals surface area contributed by atoms with Crippen molar-refractivity contribution in [2.45, 2.75) is 39.7 Å². The van der Waals surface area contributed by atoms with Gasteiger partial charge in [0.1, 0.15) is 5.60 Å². The second-order valence-electron chi connectivity index (χ2n) is 8.04. The molecule has 0 bridgehead atoms. The van der Waals surface area contributed by atoms with Gasteiger partial charge in [0.05, 0.1) is 17.6 Å². The van der Waals surface area contributed by atoms with Gasteiger partial charge in [-0.2, -0.15) is 0 Å². The summed E-state index contributed by atoms with van der Waals surface area (Å²) in [5.41, 5.74) is 5.39. The van der Waals surface area contributed by atoms with Crippen LogP contribution in [-0.4, -0.2) is 34.0 Å². The Hall–Kier alpha value is -2.72. The molecule has 0 spiro atoms. The van der Waals surface area contributed by atoms with Crippen LogP contribution in [0.3, 0.4) is 0 Å². The van der Waals surface area contributed by atoms with E-state index in [0.29, 0.717) is 25.1 Å². The highest BCUT2D eigenvalue weighted by atomic mass is 16.3. The summed E-state index contributed by atoms with van der Waals surface area (Å²) in [5.74, 6) is -0.0249. The summed E-state index contributed by atoms with van der Waals surface area (Å²) in [5, 5.41) is 12.2. The maximum Gasteiger partial charge on any atom is 0.254 e. The lowest BCUT2D eigenvalue weighted by Gasteiger charge is -2.26. The smallest absolute Gasteiger partial charge is 0.254 e.